The Labute approximate surface area is 162 Å². The fraction of sp³-hybridized carbons (Fsp3) is 0.455. The van der Waals surface area contributed by atoms with Crippen LogP contribution in [0.25, 0.3) is 0 Å². The largest absolute Gasteiger partial charge is 0.573 e. The van der Waals surface area contributed by atoms with E-state index in [1.54, 1.807) is 12.1 Å². The normalized spacial score (nSPS) is 27.7. The van der Waals surface area contributed by atoms with Crippen LogP contribution in [0.2, 0.25) is 0 Å². The van der Waals surface area contributed by atoms with Gasteiger partial charge >= 0.3 is 6.36 Å². The highest BCUT2D eigenvalue weighted by Crippen LogP contribution is 2.43. The molecule has 2 aromatic carbocycles. The summed E-state index contributed by atoms with van der Waals surface area (Å²) in [6.07, 6.45) is -0.985. The molecule has 0 aromatic heterocycles. The Morgan fingerprint density at radius 3 is 2.25 bits per heavy atom. The van der Waals surface area contributed by atoms with Gasteiger partial charge in [0.25, 0.3) is 0 Å². The quantitative estimate of drug-likeness (QED) is 0.803. The van der Waals surface area contributed by atoms with Gasteiger partial charge in [-0.25, -0.2) is 0 Å². The van der Waals surface area contributed by atoms with Gasteiger partial charge in [0.15, 0.2) is 0 Å². The van der Waals surface area contributed by atoms with Crippen molar-refractivity contribution in [1.29, 1.82) is 0 Å². The maximum absolute atomic E-state index is 12.5. The number of hydrogen-bond acceptors (Lipinski definition) is 3. The minimum absolute atomic E-state index is 0.238. The summed E-state index contributed by atoms with van der Waals surface area (Å²) in [5.41, 5.74) is 1.04. The predicted molar refractivity (Wildman–Crippen MR) is 99.8 cm³/mol. The highest BCUT2D eigenvalue weighted by molar-refractivity contribution is 5.30. The van der Waals surface area contributed by atoms with E-state index in [1.165, 1.54) is 17.7 Å². The predicted octanol–water partition coefficient (Wildman–Crippen LogP) is 4.69. The first-order valence-corrected chi connectivity index (χ1v) is 9.66. The first kappa shape index (κ1) is 19.3. The number of alkyl halides is 3. The standard InChI is InChI=1S/C22H24F3NO2/c23-22(24,25)28-20-8-4-7-17(11-20)12-21(27)13-18-9-10-19(14-21)26(18)15-16-5-2-1-3-6-16/h1-8,11,18-19,27H,9-10,12-15H2. The third-order valence-electron chi connectivity index (χ3n) is 5.88. The average Bonchev–Trinajstić information content (AvgIpc) is 2.85. The molecular weight excluding hydrogens is 367 g/mol. The van der Waals surface area contributed by atoms with Gasteiger partial charge in [-0.15, -0.1) is 13.2 Å². The topological polar surface area (TPSA) is 32.7 Å². The number of benzene rings is 2. The van der Waals surface area contributed by atoms with E-state index in [1.807, 2.05) is 18.2 Å². The third-order valence-corrected chi connectivity index (χ3v) is 5.88. The fourth-order valence-corrected chi connectivity index (χ4v) is 4.84. The molecule has 2 aliphatic heterocycles. The zero-order valence-electron chi connectivity index (χ0n) is 15.5. The van der Waals surface area contributed by atoms with Crippen LogP contribution in [-0.2, 0) is 13.0 Å². The molecule has 28 heavy (non-hydrogen) atoms. The van der Waals surface area contributed by atoms with Crippen LogP contribution in [0.4, 0.5) is 13.2 Å². The zero-order valence-corrected chi connectivity index (χ0v) is 15.5. The number of aliphatic hydroxyl groups is 1. The van der Waals surface area contributed by atoms with E-state index >= 15 is 0 Å². The summed E-state index contributed by atoms with van der Waals surface area (Å²) >= 11 is 0. The van der Waals surface area contributed by atoms with E-state index in [-0.39, 0.29) is 5.75 Å². The molecular formula is C22H24F3NO2. The summed E-state index contributed by atoms with van der Waals surface area (Å²) in [7, 11) is 0. The smallest absolute Gasteiger partial charge is 0.406 e. The van der Waals surface area contributed by atoms with Gasteiger partial charge in [-0.2, -0.15) is 0 Å². The molecule has 1 N–H and O–H groups in total. The Bertz CT molecular complexity index is 795. The van der Waals surface area contributed by atoms with E-state index in [9.17, 15) is 18.3 Å². The number of nitrogens with zero attached hydrogens (tertiary/aromatic N) is 1. The van der Waals surface area contributed by atoms with Gasteiger partial charge in [-0.3, -0.25) is 4.90 Å². The molecule has 2 atom stereocenters. The minimum atomic E-state index is -4.71. The molecule has 0 radical (unpaired) electrons. The first-order chi connectivity index (χ1) is 13.3. The molecule has 0 aliphatic carbocycles. The molecule has 150 valence electrons. The lowest BCUT2D eigenvalue weighted by atomic mass is 9.81. The van der Waals surface area contributed by atoms with Gasteiger partial charge < -0.3 is 9.84 Å². The minimum Gasteiger partial charge on any atom is -0.406 e. The molecule has 2 heterocycles. The molecule has 0 spiro atoms. The summed E-state index contributed by atoms with van der Waals surface area (Å²) in [5.74, 6) is -0.238. The second-order valence-electron chi connectivity index (χ2n) is 8.05. The van der Waals surface area contributed by atoms with Gasteiger partial charge in [0.1, 0.15) is 5.75 Å². The van der Waals surface area contributed by atoms with E-state index in [4.69, 9.17) is 0 Å². The Hall–Kier alpha value is -2.05. The molecule has 2 aliphatic rings. The number of piperidine rings is 1. The number of ether oxygens (including phenoxy) is 1. The average molecular weight is 391 g/mol. The van der Waals surface area contributed by atoms with Crippen LogP contribution >= 0.6 is 0 Å². The van der Waals surface area contributed by atoms with Crippen LogP contribution in [0.15, 0.2) is 54.6 Å². The highest BCUT2D eigenvalue weighted by atomic mass is 19.4. The second-order valence-corrected chi connectivity index (χ2v) is 8.05. The zero-order chi connectivity index (χ0) is 19.8. The SMILES string of the molecule is OC1(Cc2cccc(OC(F)(F)F)c2)CC2CCC(C1)N2Cc1ccccc1. The van der Waals surface area contributed by atoms with Crippen molar-refractivity contribution in [3.8, 4) is 5.75 Å². The molecule has 0 amide bonds. The van der Waals surface area contributed by atoms with Crippen molar-refractivity contribution in [3.05, 3.63) is 65.7 Å². The lowest BCUT2D eigenvalue weighted by Crippen LogP contribution is -2.51. The molecule has 2 fully saturated rings. The van der Waals surface area contributed by atoms with Crippen molar-refractivity contribution in [2.75, 3.05) is 0 Å². The lowest BCUT2D eigenvalue weighted by Gasteiger charge is -2.44. The maximum atomic E-state index is 12.5. The summed E-state index contributed by atoms with van der Waals surface area (Å²) in [5, 5.41) is 11.2. The Balaban J connectivity index is 1.44. The van der Waals surface area contributed by atoms with E-state index in [0.717, 1.165) is 19.4 Å². The van der Waals surface area contributed by atoms with Gasteiger partial charge in [-0.1, -0.05) is 42.5 Å². The van der Waals surface area contributed by atoms with Gasteiger partial charge in [0.2, 0.25) is 0 Å². The fourth-order valence-electron chi connectivity index (χ4n) is 4.84. The number of hydrogen-bond donors (Lipinski definition) is 1. The van der Waals surface area contributed by atoms with Crippen molar-refractivity contribution >= 4 is 0 Å². The number of fused-ring (bicyclic) bond motifs is 2. The monoisotopic (exact) mass is 391 g/mol. The van der Waals surface area contributed by atoms with Crippen molar-refractivity contribution in [1.82, 2.24) is 4.90 Å². The van der Waals surface area contributed by atoms with Crippen LogP contribution in [0.5, 0.6) is 5.75 Å². The molecule has 2 aromatic rings. The van der Waals surface area contributed by atoms with E-state index in [0.29, 0.717) is 36.9 Å². The van der Waals surface area contributed by atoms with Crippen molar-refractivity contribution < 1.29 is 23.0 Å². The number of halogens is 3. The lowest BCUT2D eigenvalue weighted by molar-refractivity contribution is -0.274. The highest BCUT2D eigenvalue weighted by Gasteiger charge is 2.47. The van der Waals surface area contributed by atoms with Crippen LogP contribution in [0.3, 0.4) is 0 Å². The first-order valence-electron chi connectivity index (χ1n) is 9.66. The van der Waals surface area contributed by atoms with E-state index in [2.05, 4.69) is 21.8 Å². The van der Waals surface area contributed by atoms with E-state index < -0.39 is 12.0 Å². The molecule has 0 saturated carbocycles. The molecule has 3 nitrogen and oxygen atoms in total. The van der Waals surface area contributed by atoms with Crippen molar-refractivity contribution in [3.63, 3.8) is 0 Å². The van der Waals surface area contributed by atoms with Crippen molar-refractivity contribution in [2.24, 2.45) is 0 Å². The van der Waals surface area contributed by atoms with Crippen LogP contribution in [-0.4, -0.2) is 34.1 Å². The Kier molecular flexibility index (Phi) is 5.10. The van der Waals surface area contributed by atoms with Crippen LogP contribution in [0.1, 0.15) is 36.8 Å². The van der Waals surface area contributed by atoms with Gasteiger partial charge in [-0.05, 0) is 48.9 Å². The third kappa shape index (κ3) is 4.50. The molecule has 2 bridgehead atoms. The Morgan fingerprint density at radius 2 is 1.61 bits per heavy atom. The second kappa shape index (κ2) is 7.41. The molecule has 2 unspecified atom stereocenters. The summed E-state index contributed by atoms with van der Waals surface area (Å²) in [6.45, 7) is 0.876. The van der Waals surface area contributed by atoms with Gasteiger partial charge in [0, 0.05) is 25.0 Å². The molecule has 4 rings (SSSR count). The summed E-state index contributed by atoms with van der Waals surface area (Å²) in [6, 6.07) is 16.9. The maximum Gasteiger partial charge on any atom is 0.573 e. The summed E-state index contributed by atoms with van der Waals surface area (Å²) in [4.78, 5) is 2.48. The molecule has 2 saturated heterocycles. The van der Waals surface area contributed by atoms with Crippen LogP contribution < -0.4 is 4.74 Å². The molecule has 6 heteroatoms. The van der Waals surface area contributed by atoms with Crippen LogP contribution in [0, 0.1) is 0 Å². The Morgan fingerprint density at radius 1 is 0.964 bits per heavy atom. The summed E-state index contributed by atoms with van der Waals surface area (Å²) < 4.78 is 41.4. The number of rotatable bonds is 5. The van der Waals surface area contributed by atoms with Gasteiger partial charge in [0.05, 0.1) is 5.60 Å². The van der Waals surface area contributed by atoms with Crippen molar-refractivity contribution in [2.45, 2.75) is 62.7 Å².